The molecule has 1 unspecified atom stereocenters. The second-order valence-electron chi connectivity index (χ2n) is 7.08. The molecule has 0 radical (unpaired) electrons. The van der Waals surface area contributed by atoms with Crippen LogP contribution in [-0.4, -0.2) is 11.7 Å². The predicted molar refractivity (Wildman–Crippen MR) is 126 cm³/mol. The molecule has 0 bridgehead atoms. The molecule has 0 aliphatic carbocycles. The van der Waals surface area contributed by atoms with E-state index in [0.29, 0.717) is 5.92 Å². The Labute approximate surface area is 179 Å². The van der Waals surface area contributed by atoms with Crippen LogP contribution in [0.2, 0.25) is 0 Å². The van der Waals surface area contributed by atoms with E-state index < -0.39 is 0 Å². The summed E-state index contributed by atoms with van der Waals surface area (Å²) in [6.45, 7) is 18.2. The molecule has 164 valence electrons. The lowest BCUT2D eigenvalue weighted by atomic mass is 9.98. The van der Waals surface area contributed by atoms with E-state index in [9.17, 15) is 0 Å². The van der Waals surface area contributed by atoms with Gasteiger partial charge in [-0.1, -0.05) is 65.8 Å². The zero-order chi connectivity index (χ0) is 22.7. The third-order valence-electron chi connectivity index (χ3n) is 4.16. The van der Waals surface area contributed by atoms with Crippen LogP contribution in [0.1, 0.15) is 74.1 Å². The molecule has 0 saturated heterocycles. The molecule has 3 heteroatoms. The van der Waals surface area contributed by atoms with E-state index in [-0.39, 0.29) is 12.5 Å². The Bertz CT molecular complexity index is 598. The molecular formula is C26H42O3. The topological polar surface area (TPSA) is 38.7 Å². The number of hydrogen-bond donors (Lipinski definition) is 1. The highest BCUT2D eigenvalue weighted by molar-refractivity contribution is 5.14. The molecule has 29 heavy (non-hydrogen) atoms. The monoisotopic (exact) mass is 402 g/mol. The molecule has 0 amide bonds. The first-order valence-corrected chi connectivity index (χ1v) is 10.6. The maximum atomic E-state index is 8.98. The fourth-order valence-electron chi connectivity index (χ4n) is 2.21. The lowest BCUT2D eigenvalue weighted by molar-refractivity contribution is 0.207. The highest BCUT2D eigenvalue weighted by Crippen LogP contribution is 2.21. The SMILES string of the molecule is C#CO/C(=C(\C)C(C)C)C(C)CO.C=C(CC/C=C\C)OC(/C=C\CC)=C/CC. The quantitative estimate of drug-likeness (QED) is 0.161. The van der Waals surface area contributed by atoms with Crippen molar-refractivity contribution in [3.63, 3.8) is 0 Å². The maximum absolute atomic E-state index is 8.98. The van der Waals surface area contributed by atoms with E-state index in [1.165, 1.54) is 0 Å². The van der Waals surface area contributed by atoms with Gasteiger partial charge in [-0.15, -0.1) is 0 Å². The zero-order valence-electron chi connectivity index (χ0n) is 19.6. The van der Waals surface area contributed by atoms with E-state index in [1.54, 1.807) is 0 Å². The van der Waals surface area contributed by atoms with Crippen molar-refractivity contribution in [2.24, 2.45) is 11.8 Å². The van der Waals surface area contributed by atoms with Gasteiger partial charge in [0.15, 0.2) is 0 Å². The van der Waals surface area contributed by atoms with Crippen molar-refractivity contribution in [2.75, 3.05) is 6.61 Å². The van der Waals surface area contributed by atoms with Crippen molar-refractivity contribution >= 4 is 0 Å². The third kappa shape index (κ3) is 15.4. The number of terminal acetylenes is 1. The minimum absolute atomic E-state index is 0.0292. The first kappa shape index (κ1) is 29.0. The Hall–Kier alpha value is -2.18. The molecule has 3 nitrogen and oxygen atoms in total. The summed E-state index contributed by atoms with van der Waals surface area (Å²) in [5, 5.41) is 8.98. The minimum Gasteiger partial charge on any atom is -0.463 e. The van der Waals surface area contributed by atoms with Gasteiger partial charge in [0, 0.05) is 12.3 Å². The van der Waals surface area contributed by atoms with Crippen LogP contribution < -0.4 is 0 Å². The lowest BCUT2D eigenvalue weighted by Gasteiger charge is -2.16. The number of allylic oxidation sites excluding steroid dienone is 7. The Morgan fingerprint density at radius 2 is 1.83 bits per heavy atom. The summed E-state index contributed by atoms with van der Waals surface area (Å²) in [5.74, 6) is 2.82. The van der Waals surface area contributed by atoms with Crippen LogP contribution in [0.15, 0.2) is 59.8 Å². The van der Waals surface area contributed by atoms with E-state index in [4.69, 9.17) is 21.0 Å². The van der Waals surface area contributed by atoms with Gasteiger partial charge in [-0.3, -0.25) is 0 Å². The van der Waals surface area contributed by atoms with Gasteiger partial charge in [-0.2, -0.15) is 0 Å². The highest BCUT2D eigenvalue weighted by atomic mass is 16.5. The maximum Gasteiger partial charge on any atom is 0.122 e. The summed E-state index contributed by atoms with van der Waals surface area (Å²) in [6, 6.07) is 0. The Balaban J connectivity index is 0. The molecule has 0 rings (SSSR count). The third-order valence-corrected chi connectivity index (χ3v) is 4.16. The average molecular weight is 403 g/mol. The molecule has 1 N–H and O–H groups in total. The molecule has 0 spiro atoms. The van der Waals surface area contributed by atoms with Gasteiger partial charge in [0.05, 0.1) is 12.4 Å². The molecule has 0 aromatic heterocycles. The van der Waals surface area contributed by atoms with Gasteiger partial charge < -0.3 is 14.6 Å². The van der Waals surface area contributed by atoms with Crippen LogP contribution in [0, 0.1) is 24.4 Å². The standard InChI is InChI=1S/C15H24O.C11H18O2/c1-5-8-10-12-14(4)16-15(11-7-3)13-9-6-2;1-6-13-11(9(4)7-12)10(5)8(2)3/h5,8-9,11,13H,4,6-7,10,12H2,1-3H3;1,8-9,12H,7H2,2-5H3/b8-5-,13-9-,15-11+;11-10+. The fraction of sp³-hybridized carbons (Fsp3) is 0.538. The van der Waals surface area contributed by atoms with Crippen LogP contribution in [0.3, 0.4) is 0 Å². The summed E-state index contributed by atoms with van der Waals surface area (Å²) in [6.07, 6.45) is 21.5. The Morgan fingerprint density at radius 1 is 1.17 bits per heavy atom. The van der Waals surface area contributed by atoms with Gasteiger partial charge in [-0.25, -0.2) is 0 Å². The van der Waals surface area contributed by atoms with E-state index in [2.05, 4.69) is 58.6 Å². The molecule has 0 heterocycles. The summed E-state index contributed by atoms with van der Waals surface area (Å²) < 4.78 is 10.8. The Morgan fingerprint density at radius 3 is 2.28 bits per heavy atom. The summed E-state index contributed by atoms with van der Waals surface area (Å²) in [7, 11) is 0. The lowest BCUT2D eigenvalue weighted by Crippen LogP contribution is -2.10. The molecule has 0 aromatic carbocycles. The van der Waals surface area contributed by atoms with Gasteiger partial charge in [0.1, 0.15) is 17.6 Å². The average Bonchev–Trinajstić information content (AvgIpc) is 2.70. The van der Waals surface area contributed by atoms with E-state index in [1.807, 2.05) is 32.9 Å². The van der Waals surface area contributed by atoms with E-state index in [0.717, 1.165) is 48.5 Å². The number of aliphatic hydroxyl groups excluding tert-OH is 1. The van der Waals surface area contributed by atoms with Crippen molar-refractivity contribution in [2.45, 2.75) is 74.1 Å². The van der Waals surface area contributed by atoms with Gasteiger partial charge in [0.25, 0.3) is 0 Å². The van der Waals surface area contributed by atoms with Crippen molar-refractivity contribution in [3.05, 3.63) is 59.8 Å². The van der Waals surface area contributed by atoms with Crippen LogP contribution in [0.25, 0.3) is 0 Å². The van der Waals surface area contributed by atoms with Gasteiger partial charge >= 0.3 is 0 Å². The second-order valence-corrected chi connectivity index (χ2v) is 7.08. The number of ether oxygens (including phenoxy) is 2. The molecule has 0 aliphatic heterocycles. The van der Waals surface area contributed by atoms with Crippen LogP contribution in [-0.2, 0) is 9.47 Å². The molecular weight excluding hydrogens is 360 g/mol. The molecule has 0 aromatic rings. The number of hydrogen-bond acceptors (Lipinski definition) is 3. The predicted octanol–water partition coefficient (Wildman–Crippen LogP) is 7.29. The molecule has 0 saturated carbocycles. The van der Waals surface area contributed by atoms with E-state index >= 15 is 0 Å². The Kier molecular flexibility index (Phi) is 19.2. The van der Waals surface area contributed by atoms with Gasteiger partial charge in [0.2, 0.25) is 0 Å². The second kappa shape index (κ2) is 19.2. The van der Waals surface area contributed by atoms with Crippen molar-refractivity contribution < 1.29 is 14.6 Å². The first-order valence-electron chi connectivity index (χ1n) is 10.6. The van der Waals surface area contributed by atoms with Crippen LogP contribution in [0.4, 0.5) is 0 Å². The first-order chi connectivity index (χ1) is 13.8. The van der Waals surface area contributed by atoms with Crippen molar-refractivity contribution in [3.8, 4) is 12.5 Å². The zero-order valence-corrected chi connectivity index (χ0v) is 19.6. The van der Waals surface area contributed by atoms with Crippen LogP contribution in [0.5, 0.6) is 0 Å². The summed E-state index contributed by atoms with van der Waals surface area (Å²) in [5.41, 5.74) is 1.10. The number of aliphatic hydroxyl groups is 1. The van der Waals surface area contributed by atoms with Gasteiger partial charge in [-0.05, 0) is 56.8 Å². The minimum atomic E-state index is -0.0292. The number of rotatable bonds is 12. The normalized spacial score (nSPS) is 13.6. The van der Waals surface area contributed by atoms with Crippen molar-refractivity contribution in [1.82, 2.24) is 0 Å². The summed E-state index contributed by atoms with van der Waals surface area (Å²) in [4.78, 5) is 0. The highest BCUT2D eigenvalue weighted by Gasteiger charge is 2.14. The fourth-order valence-corrected chi connectivity index (χ4v) is 2.21. The molecule has 0 fully saturated rings. The van der Waals surface area contributed by atoms with Crippen LogP contribution >= 0.6 is 0 Å². The smallest absolute Gasteiger partial charge is 0.122 e. The summed E-state index contributed by atoms with van der Waals surface area (Å²) >= 11 is 0. The molecule has 0 aliphatic rings. The molecule has 1 atom stereocenters. The van der Waals surface area contributed by atoms with Crippen molar-refractivity contribution in [1.29, 1.82) is 0 Å². The largest absolute Gasteiger partial charge is 0.463 e.